The average Bonchev–Trinajstić information content (AvgIpc) is 3.19. The molecule has 26 heavy (non-hydrogen) atoms. The average molecular weight is 354 g/mol. The molecule has 0 saturated heterocycles. The Morgan fingerprint density at radius 1 is 1.31 bits per heavy atom. The number of rotatable bonds is 8. The second kappa shape index (κ2) is 8.17. The third-order valence-corrected chi connectivity index (χ3v) is 4.85. The molecule has 1 heterocycles. The molecule has 1 fully saturated rings. The quantitative estimate of drug-likeness (QED) is 0.681. The van der Waals surface area contributed by atoms with E-state index in [1.807, 2.05) is 37.3 Å². The molecule has 0 unspecified atom stereocenters. The minimum Gasteiger partial charge on any atom is -0.355 e. The summed E-state index contributed by atoms with van der Waals surface area (Å²) in [4.78, 5) is 31.7. The van der Waals surface area contributed by atoms with Crippen LogP contribution in [0.5, 0.6) is 0 Å². The number of hydrogen-bond donors (Lipinski definition) is 3. The molecule has 6 heteroatoms. The third kappa shape index (κ3) is 4.50. The van der Waals surface area contributed by atoms with Gasteiger partial charge in [0.25, 0.3) is 0 Å². The summed E-state index contributed by atoms with van der Waals surface area (Å²) in [6.45, 7) is 4.44. The lowest BCUT2D eigenvalue weighted by molar-refractivity contribution is -0.123. The molecule has 6 nitrogen and oxygen atoms in total. The second-order valence-electron chi connectivity index (χ2n) is 6.94. The number of carbonyl (C=O) groups excluding carboxylic acids is 2. The SMILES string of the molecule is CC[C@H](NC(=O)CCNC(=O)[C@@H]1C[C@@H]1C)c1ncc(-c2ccccc2)[nH]1. The molecular formula is C20H26N4O2. The summed E-state index contributed by atoms with van der Waals surface area (Å²) < 4.78 is 0. The number of H-pyrrole nitrogens is 1. The van der Waals surface area contributed by atoms with Gasteiger partial charge < -0.3 is 15.6 Å². The van der Waals surface area contributed by atoms with Crippen LogP contribution in [0.15, 0.2) is 36.5 Å². The molecule has 3 N–H and O–H groups in total. The standard InChI is InChI=1S/C20H26N4O2/c1-3-16(19-22-12-17(24-19)14-7-5-4-6-8-14)23-18(25)9-10-21-20(26)15-11-13(15)2/h4-8,12-13,15-16H,3,9-11H2,1-2H3,(H,21,26)(H,22,24)(H,23,25)/t13-,15+,16-/m0/s1. The van der Waals surface area contributed by atoms with Crippen LogP contribution in [0.25, 0.3) is 11.3 Å². The van der Waals surface area contributed by atoms with Crippen LogP contribution >= 0.6 is 0 Å². The number of nitrogens with one attached hydrogen (secondary N) is 3. The summed E-state index contributed by atoms with van der Waals surface area (Å²) in [5.74, 6) is 1.34. The van der Waals surface area contributed by atoms with Gasteiger partial charge in [0, 0.05) is 18.9 Å². The molecule has 2 aromatic rings. The van der Waals surface area contributed by atoms with Crippen LogP contribution in [0.4, 0.5) is 0 Å². The fourth-order valence-corrected chi connectivity index (χ4v) is 3.03. The molecule has 1 aromatic carbocycles. The van der Waals surface area contributed by atoms with Crippen LogP contribution in [-0.4, -0.2) is 28.3 Å². The van der Waals surface area contributed by atoms with Crippen LogP contribution in [0.1, 0.15) is 45.0 Å². The fraction of sp³-hybridized carbons (Fsp3) is 0.450. The minimum absolute atomic E-state index is 0.0656. The minimum atomic E-state index is -0.167. The number of benzene rings is 1. The summed E-state index contributed by atoms with van der Waals surface area (Å²) in [6.07, 6.45) is 3.75. The first-order valence-corrected chi connectivity index (χ1v) is 9.26. The van der Waals surface area contributed by atoms with Crippen LogP contribution in [0.3, 0.4) is 0 Å². The van der Waals surface area contributed by atoms with Crippen molar-refractivity contribution in [3.63, 3.8) is 0 Å². The first-order valence-electron chi connectivity index (χ1n) is 9.26. The van der Waals surface area contributed by atoms with Gasteiger partial charge in [-0.2, -0.15) is 0 Å². The van der Waals surface area contributed by atoms with E-state index < -0.39 is 0 Å². The molecule has 3 atom stereocenters. The van der Waals surface area contributed by atoms with Crippen molar-refractivity contribution in [2.24, 2.45) is 11.8 Å². The van der Waals surface area contributed by atoms with Gasteiger partial charge in [0.15, 0.2) is 0 Å². The Hall–Kier alpha value is -2.63. The number of imidazole rings is 1. The van der Waals surface area contributed by atoms with Crippen molar-refractivity contribution in [1.29, 1.82) is 0 Å². The van der Waals surface area contributed by atoms with Gasteiger partial charge in [-0.15, -0.1) is 0 Å². The van der Waals surface area contributed by atoms with Gasteiger partial charge in [0.05, 0.1) is 17.9 Å². The molecule has 1 saturated carbocycles. The van der Waals surface area contributed by atoms with Crippen molar-refractivity contribution in [3.8, 4) is 11.3 Å². The maximum Gasteiger partial charge on any atom is 0.223 e. The maximum atomic E-state index is 12.2. The lowest BCUT2D eigenvalue weighted by Gasteiger charge is -2.15. The Labute approximate surface area is 153 Å². The zero-order valence-corrected chi connectivity index (χ0v) is 15.3. The van der Waals surface area contributed by atoms with Gasteiger partial charge in [-0.05, 0) is 24.3 Å². The van der Waals surface area contributed by atoms with Crippen LogP contribution in [0.2, 0.25) is 0 Å². The van der Waals surface area contributed by atoms with Gasteiger partial charge >= 0.3 is 0 Å². The van der Waals surface area contributed by atoms with Crippen molar-refractivity contribution < 1.29 is 9.59 Å². The molecule has 0 radical (unpaired) electrons. The van der Waals surface area contributed by atoms with Gasteiger partial charge in [0.1, 0.15) is 5.82 Å². The molecule has 0 bridgehead atoms. The van der Waals surface area contributed by atoms with Crippen LogP contribution in [-0.2, 0) is 9.59 Å². The van der Waals surface area contributed by atoms with Gasteiger partial charge in [-0.3, -0.25) is 9.59 Å². The molecule has 0 spiro atoms. The van der Waals surface area contributed by atoms with E-state index in [9.17, 15) is 9.59 Å². The van der Waals surface area contributed by atoms with Crippen molar-refractivity contribution >= 4 is 11.8 Å². The van der Waals surface area contributed by atoms with E-state index in [0.717, 1.165) is 29.9 Å². The highest BCUT2D eigenvalue weighted by atomic mass is 16.2. The number of aromatic nitrogens is 2. The second-order valence-corrected chi connectivity index (χ2v) is 6.94. The van der Waals surface area contributed by atoms with E-state index in [2.05, 4.69) is 27.5 Å². The monoisotopic (exact) mass is 354 g/mol. The third-order valence-electron chi connectivity index (χ3n) is 4.85. The summed E-state index contributed by atoms with van der Waals surface area (Å²) in [5, 5.41) is 5.83. The normalized spacial score (nSPS) is 19.6. The molecule has 1 aliphatic carbocycles. The number of nitrogens with zero attached hydrogens (tertiary/aromatic N) is 1. The van der Waals surface area contributed by atoms with E-state index in [-0.39, 0.29) is 30.2 Å². The van der Waals surface area contributed by atoms with Crippen molar-refractivity contribution in [3.05, 3.63) is 42.4 Å². The molecule has 0 aliphatic heterocycles. The Bertz CT molecular complexity index is 756. The Kier molecular flexibility index (Phi) is 5.71. The highest BCUT2D eigenvalue weighted by Gasteiger charge is 2.38. The maximum absolute atomic E-state index is 12.2. The number of carbonyl (C=O) groups is 2. The Morgan fingerprint density at radius 3 is 2.69 bits per heavy atom. The molecule has 138 valence electrons. The van der Waals surface area contributed by atoms with Crippen molar-refractivity contribution in [2.75, 3.05) is 6.54 Å². The lowest BCUT2D eigenvalue weighted by atomic mass is 10.2. The van der Waals surface area contributed by atoms with Crippen molar-refractivity contribution in [2.45, 2.75) is 39.2 Å². The Balaban J connectivity index is 1.50. The number of aromatic amines is 1. The summed E-state index contributed by atoms with van der Waals surface area (Å²) >= 11 is 0. The van der Waals surface area contributed by atoms with E-state index in [1.54, 1.807) is 6.20 Å². The molecule has 1 aromatic heterocycles. The van der Waals surface area contributed by atoms with E-state index in [1.165, 1.54) is 0 Å². The number of amides is 2. The first kappa shape index (κ1) is 18.2. The largest absolute Gasteiger partial charge is 0.355 e. The van der Waals surface area contributed by atoms with E-state index in [0.29, 0.717) is 12.5 Å². The topological polar surface area (TPSA) is 86.9 Å². The van der Waals surface area contributed by atoms with Gasteiger partial charge in [-0.25, -0.2) is 4.98 Å². The van der Waals surface area contributed by atoms with Crippen LogP contribution < -0.4 is 10.6 Å². The number of hydrogen-bond acceptors (Lipinski definition) is 3. The highest BCUT2D eigenvalue weighted by molar-refractivity contribution is 5.82. The van der Waals surface area contributed by atoms with Gasteiger partial charge in [-0.1, -0.05) is 44.2 Å². The summed E-state index contributed by atoms with van der Waals surface area (Å²) in [7, 11) is 0. The molecule has 1 aliphatic rings. The van der Waals surface area contributed by atoms with E-state index >= 15 is 0 Å². The highest BCUT2D eigenvalue weighted by Crippen LogP contribution is 2.37. The summed E-state index contributed by atoms with van der Waals surface area (Å²) in [6, 6.07) is 9.79. The summed E-state index contributed by atoms with van der Waals surface area (Å²) in [5.41, 5.74) is 1.99. The van der Waals surface area contributed by atoms with Crippen LogP contribution in [0, 0.1) is 11.8 Å². The first-order chi connectivity index (χ1) is 12.6. The van der Waals surface area contributed by atoms with Gasteiger partial charge in [0.2, 0.25) is 11.8 Å². The molecule has 2 amide bonds. The molecule has 3 rings (SSSR count). The fourth-order valence-electron chi connectivity index (χ4n) is 3.03. The zero-order chi connectivity index (χ0) is 18.5. The Morgan fingerprint density at radius 2 is 2.04 bits per heavy atom. The van der Waals surface area contributed by atoms with E-state index in [4.69, 9.17) is 0 Å². The lowest BCUT2D eigenvalue weighted by Crippen LogP contribution is -2.33. The predicted octanol–water partition coefficient (Wildman–Crippen LogP) is 2.81. The zero-order valence-electron chi connectivity index (χ0n) is 15.3. The van der Waals surface area contributed by atoms with Crippen molar-refractivity contribution in [1.82, 2.24) is 20.6 Å². The molecular weight excluding hydrogens is 328 g/mol. The smallest absolute Gasteiger partial charge is 0.223 e. The predicted molar refractivity (Wildman–Crippen MR) is 100 cm³/mol.